The van der Waals surface area contributed by atoms with Crippen LogP contribution in [0.3, 0.4) is 0 Å². The van der Waals surface area contributed by atoms with Crippen molar-refractivity contribution >= 4 is 30.7 Å². The van der Waals surface area contributed by atoms with Gasteiger partial charge in [0.1, 0.15) is 12.4 Å². The van der Waals surface area contributed by atoms with Gasteiger partial charge in [0, 0.05) is 18.6 Å². The maximum Gasteiger partial charge on any atom is 0.255 e. The topological polar surface area (TPSA) is 53.6 Å². The number of likely N-dealkylation sites (N-methyl/N-ethyl adjacent to an activating group) is 1. The second-order valence-electron chi connectivity index (χ2n) is 6.20. The number of carbonyl (C=O) groups excluding carboxylic acids is 1. The van der Waals surface area contributed by atoms with E-state index >= 15 is 0 Å². The molecule has 1 aromatic carbocycles. The normalized spacial score (nSPS) is 19.8. The predicted octanol–water partition coefficient (Wildman–Crippen LogP) is 2.34. The van der Waals surface area contributed by atoms with Crippen LogP contribution in [-0.4, -0.2) is 56.7 Å². The van der Waals surface area contributed by atoms with Crippen molar-refractivity contribution in [3.8, 4) is 5.75 Å². The molecule has 138 valence electrons. The molecule has 2 unspecified atom stereocenters. The zero-order chi connectivity index (χ0) is 15.9. The van der Waals surface area contributed by atoms with Crippen LogP contribution in [0.1, 0.15) is 30.1 Å². The van der Waals surface area contributed by atoms with Gasteiger partial charge >= 0.3 is 0 Å². The van der Waals surface area contributed by atoms with Gasteiger partial charge in [0.15, 0.2) is 0 Å². The van der Waals surface area contributed by atoms with Crippen LogP contribution >= 0.6 is 24.8 Å². The van der Waals surface area contributed by atoms with Crippen molar-refractivity contribution in [1.29, 1.82) is 0 Å². The van der Waals surface area contributed by atoms with Crippen molar-refractivity contribution in [3.05, 3.63) is 29.8 Å². The predicted molar refractivity (Wildman–Crippen MR) is 103 cm³/mol. The highest BCUT2D eigenvalue weighted by Gasteiger charge is 2.21. The SMILES string of the molecule is CC1CC(NC(=O)c2ccccc2OCCN(C)C)CCN1.Cl.Cl. The van der Waals surface area contributed by atoms with Crippen molar-refractivity contribution in [1.82, 2.24) is 15.5 Å². The van der Waals surface area contributed by atoms with Gasteiger partial charge in [-0.15, -0.1) is 24.8 Å². The summed E-state index contributed by atoms with van der Waals surface area (Å²) in [6, 6.07) is 8.14. The summed E-state index contributed by atoms with van der Waals surface area (Å²) >= 11 is 0. The fraction of sp³-hybridized carbons (Fsp3) is 0.588. The fourth-order valence-electron chi connectivity index (χ4n) is 2.64. The van der Waals surface area contributed by atoms with E-state index in [0.29, 0.717) is 24.0 Å². The Hall–Kier alpha value is -1.01. The molecular formula is C17H29Cl2N3O2. The summed E-state index contributed by atoms with van der Waals surface area (Å²) in [6.45, 7) is 4.49. The average molecular weight is 378 g/mol. The Labute approximate surface area is 157 Å². The molecule has 0 aromatic heterocycles. The summed E-state index contributed by atoms with van der Waals surface area (Å²) in [5, 5.41) is 6.53. The van der Waals surface area contributed by atoms with Crippen molar-refractivity contribution in [2.24, 2.45) is 0 Å². The minimum Gasteiger partial charge on any atom is -0.491 e. The number of nitrogens with zero attached hydrogens (tertiary/aromatic N) is 1. The lowest BCUT2D eigenvalue weighted by Crippen LogP contribution is -2.46. The standard InChI is InChI=1S/C17H27N3O2.2ClH/c1-13-12-14(8-9-18-13)19-17(21)15-6-4-5-7-16(15)22-11-10-20(2)3;;/h4-7,13-14,18H,8-12H2,1-3H3,(H,19,21);2*1H. The molecule has 0 aliphatic carbocycles. The summed E-state index contributed by atoms with van der Waals surface area (Å²) in [5.41, 5.74) is 0.618. The van der Waals surface area contributed by atoms with Crippen LogP contribution < -0.4 is 15.4 Å². The zero-order valence-corrected chi connectivity index (χ0v) is 16.2. The van der Waals surface area contributed by atoms with E-state index in [4.69, 9.17) is 4.74 Å². The first-order valence-electron chi connectivity index (χ1n) is 7.97. The van der Waals surface area contributed by atoms with E-state index in [-0.39, 0.29) is 36.8 Å². The van der Waals surface area contributed by atoms with E-state index in [9.17, 15) is 4.79 Å². The number of halogens is 2. The molecule has 2 N–H and O–H groups in total. The number of amides is 1. The van der Waals surface area contributed by atoms with E-state index in [1.807, 2.05) is 38.4 Å². The van der Waals surface area contributed by atoms with Crippen molar-refractivity contribution < 1.29 is 9.53 Å². The van der Waals surface area contributed by atoms with E-state index in [1.165, 1.54) is 0 Å². The van der Waals surface area contributed by atoms with Crippen molar-refractivity contribution in [3.63, 3.8) is 0 Å². The van der Waals surface area contributed by atoms with Gasteiger partial charge in [-0.2, -0.15) is 0 Å². The van der Waals surface area contributed by atoms with Gasteiger partial charge in [0.05, 0.1) is 5.56 Å². The van der Waals surface area contributed by atoms with E-state index < -0.39 is 0 Å². The van der Waals surface area contributed by atoms with Crippen molar-refractivity contribution in [2.75, 3.05) is 33.8 Å². The molecule has 1 amide bonds. The molecule has 1 fully saturated rings. The van der Waals surface area contributed by atoms with Gasteiger partial charge in [0.25, 0.3) is 5.91 Å². The van der Waals surface area contributed by atoms with Gasteiger partial charge in [-0.05, 0) is 52.5 Å². The molecule has 5 nitrogen and oxygen atoms in total. The number of hydrogen-bond donors (Lipinski definition) is 2. The van der Waals surface area contributed by atoms with Gasteiger partial charge in [-0.3, -0.25) is 4.79 Å². The van der Waals surface area contributed by atoms with Gasteiger partial charge in [0.2, 0.25) is 0 Å². The third kappa shape index (κ3) is 7.26. The molecule has 0 bridgehead atoms. The number of ether oxygens (including phenoxy) is 1. The Balaban J connectivity index is 0.00000264. The minimum absolute atomic E-state index is 0. The Kier molecular flexibility index (Phi) is 11.0. The number of nitrogens with one attached hydrogen (secondary N) is 2. The Morgan fingerprint density at radius 3 is 2.71 bits per heavy atom. The Morgan fingerprint density at radius 1 is 1.33 bits per heavy atom. The number of rotatable bonds is 6. The van der Waals surface area contributed by atoms with E-state index in [2.05, 4.69) is 22.5 Å². The fourth-order valence-corrected chi connectivity index (χ4v) is 2.64. The van der Waals surface area contributed by atoms with E-state index in [0.717, 1.165) is 25.9 Å². The highest BCUT2D eigenvalue weighted by Crippen LogP contribution is 2.19. The molecule has 0 saturated carbocycles. The summed E-state index contributed by atoms with van der Waals surface area (Å²) in [6.07, 6.45) is 1.94. The first kappa shape index (κ1) is 23.0. The van der Waals surface area contributed by atoms with Crippen LogP contribution in [-0.2, 0) is 0 Å². The second kappa shape index (κ2) is 11.5. The van der Waals surface area contributed by atoms with Crippen LogP contribution in [0, 0.1) is 0 Å². The molecule has 24 heavy (non-hydrogen) atoms. The molecule has 0 spiro atoms. The number of benzene rings is 1. The van der Waals surface area contributed by atoms with E-state index in [1.54, 1.807) is 0 Å². The lowest BCUT2D eigenvalue weighted by Gasteiger charge is -2.28. The summed E-state index contributed by atoms with van der Waals surface area (Å²) in [5.74, 6) is 0.614. The molecule has 1 heterocycles. The number of hydrogen-bond acceptors (Lipinski definition) is 4. The quantitative estimate of drug-likeness (QED) is 0.798. The van der Waals surface area contributed by atoms with Crippen LogP contribution in [0.4, 0.5) is 0 Å². The highest BCUT2D eigenvalue weighted by atomic mass is 35.5. The molecular weight excluding hydrogens is 349 g/mol. The lowest BCUT2D eigenvalue weighted by molar-refractivity contribution is 0.0921. The maximum absolute atomic E-state index is 12.5. The second-order valence-corrected chi connectivity index (χ2v) is 6.20. The first-order valence-corrected chi connectivity index (χ1v) is 7.97. The first-order chi connectivity index (χ1) is 10.6. The molecule has 1 aliphatic heterocycles. The van der Waals surface area contributed by atoms with Gasteiger partial charge < -0.3 is 20.3 Å². The third-order valence-corrected chi connectivity index (χ3v) is 3.89. The summed E-state index contributed by atoms with van der Waals surface area (Å²) in [4.78, 5) is 14.6. The molecule has 0 radical (unpaired) electrons. The van der Waals surface area contributed by atoms with Gasteiger partial charge in [-0.1, -0.05) is 12.1 Å². The van der Waals surface area contributed by atoms with Crippen LogP contribution in [0.2, 0.25) is 0 Å². The highest BCUT2D eigenvalue weighted by molar-refractivity contribution is 5.97. The monoisotopic (exact) mass is 377 g/mol. The molecule has 1 saturated heterocycles. The molecule has 1 aliphatic rings. The third-order valence-electron chi connectivity index (χ3n) is 3.89. The molecule has 1 aromatic rings. The lowest BCUT2D eigenvalue weighted by atomic mass is 10.00. The molecule has 2 rings (SSSR count). The Bertz CT molecular complexity index is 500. The molecule has 2 atom stereocenters. The van der Waals surface area contributed by atoms with Crippen LogP contribution in [0.25, 0.3) is 0 Å². The summed E-state index contributed by atoms with van der Waals surface area (Å²) in [7, 11) is 4.00. The molecule has 7 heteroatoms. The summed E-state index contributed by atoms with van der Waals surface area (Å²) < 4.78 is 5.76. The zero-order valence-electron chi connectivity index (χ0n) is 14.6. The number of piperidine rings is 1. The Morgan fingerprint density at radius 2 is 2.04 bits per heavy atom. The number of carbonyl (C=O) groups is 1. The van der Waals surface area contributed by atoms with Gasteiger partial charge in [-0.25, -0.2) is 0 Å². The van der Waals surface area contributed by atoms with Crippen LogP contribution in [0.5, 0.6) is 5.75 Å². The maximum atomic E-state index is 12.5. The number of para-hydroxylation sites is 1. The largest absolute Gasteiger partial charge is 0.491 e. The van der Waals surface area contributed by atoms with Crippen LogP contribution in [0.15, 0.2) is 24.3 Å². The smallest absolute Gasteiger partial charge is 0.255 e. The van der Waals surface area contributed by atoms with Crippen molar-refractivity contribution in [2.45, 2.75) is 31.8 Å². The minimum atomic E-state index is -0.0421. The average Bonchev–Trinajstić information content (AvgIpc) is 2.47.